The molecule has 0 saturated heterocycles. The first-order valence-corrected chi connectivity index (χ1v) is 6.96. The lowest BCUT2D eigenvalue weighted by Crippen LogP contribution is -2.34. The summed E-state index contributed by atoms with van der Waals surface area (Å²) in [5.41, 5.74) is 8.35. The monoisotopic (exact) mass is 261 g/mol. The number of carbonyl (C=O) groups is 1. The number of benzene rings is 1. The Balaban J connectivity index is 1.86. The molecule has 104 valence electrons. The van der Waals surface area contributed by atoms with Gasteiger partial charge in [0, 0.05) is 17.9 Å². The zero-order valence-corrected chi connectivity index (χ0v) is 11.8. The molecule has 0 radical (unpaired) electrons. The molecule has 0 atom stereocenters. The maximum absolute atomic E-state index is 12.0. The van der Waals surface area contributed by atoms with Crippen molar-refractivity contribution in [3.05, 3.63) is 23.8 Å². The van der Waals surface area contributed by atoms with Crippen LogP contribution in [0.15, 0.2) is 18.2 Å². The fraction of sp³-hybridized carbons (Fsp3) is 0.533. The number of carbonyl (C=O) groups excluding carboxylic acids is 1. The first-order chi connectivity index (χ1) is 9.08. The first kappa shape index (κ1) is 13.9. The molecule has 1 aliphatic rings. The minimum absolute atomic E-state index is 0.0331. The number of hydrogen-bond acceptors (Lipinski definition) is 3. The molecule has 0 aliphatic heterocycles. The fourth-order valence-electron chi connectivity index (χ4n) is 2.09. The number of hydrogen-bond donors (Lipinski definition) is 2. The SMILES string of the molecule is CCN(CC(=O)Nc1ccc(C)c(N)c1)CC1CC1. The number of nitrogens with zero attached hydrogens (tertiary/aromatic N) is 1. The average Bonchev–Trinajstić information content (AvgIpc) is 3.17. The summed E-state index contributed by atoms with van der Waals surface area (Å²) >= 11 is 0. The van der Waals surface area contributed by atoms with E-state index in [2.05, 4.69) is 17.1 Å². The van der Waals surface area contributed by atoms with Gasteiger partial charge in [-0.3, -0.25) is 9.69 Å². The van der Waals surface area contributed by atoms with Gasteiger partial charge >= 0.3 is 0 Å². The van der Waals surface area contributed by atoms with Crippen molar-refractivity contribution in [2.24, 2.45) is 5.92 Å². The number of anilines is 2. The predicted octanol–water partition coefficient (Wildman–Crippen LogP) is 2.25. The van der Waals surface area contributed by atoms with Crippen LogP contribution in [0.5, 0.6) is 0 Å². The van der Waals surface area contributed by atoms with Crippen molar-refractivity contribution >= 4 is 17.3 Å². The number of aryl methyl sites for hydroxylation is 1. The highest BCUT2D eigenvalue weighted by Crippen LogP contribution is 2.29. The summed E-state index contributed by atoms with van der Waals surface area (Å²) in [4.78, 5) is 14.2. The van der Waals surface area contributed by atoms with E-state index in [4.69, 9.17) is 5.73 Å². The Labute approximate surface area is 115 Å². The topological polar surface area (TPSA) is 58.4 Å². The molecular formula is C15H23N3O. The van der Waals surface area contributed by atoms with Gasteiger partial charge in [-0.1, -0.05) is 13.0 Å². The second kappa shape index (κ2) is 6.06. The van der Waals surface area contributed by atoms with Gasteiger partial charge in [-0.05, 0) is 49.9 Å². The van der Waals surface area contributed by atoms with E-state index in [0.717, 1.165) is 30.3 Å². The van der Waals surface area contributed by atoms with Crippen LogP contribution < -0.4 is 11.1 Å². The van der Waals surface area contributed by atoms with Crippen LogP contribution in [0.25, 0.3) is 0 Å². The van der Waals surface area contributed by atoms with Crippen molar-refractivity contribution in [2.45, 2.75) is 26.7 Å². The fourth-order valence-corrected chi connectivity index (χ4v) is 2.09. The molecule has 4 heteroatoms. The smallest absolute Gasteiger partial charge is 0.238 e. The lowest BCUT2D eigenvalue weighted by atomic mass is 10.2. The van der Waals surface area contributed by atoms with Crippen molar-refractivity contribution in [1.29, 1.82) is 0 Å². The minimum atomic E-state index is 0.0331. The average molecular weight is 261 g/mol. The van der Waals surface area contributed by atoms with Gasteiger partial charge < -0.3 is 11.1 Å². The highest BCUT2D eigenvalue weighted by Gasteiger charge is 2.24. The van der Waals surface area contributed by atoms with Crippen molar-refractivity contribution in [1.82, 2.24) is 4.90 Å². The molecule has 0 bridgehead atoms. The van der Waals surface area contributed by atoms with Crippen molar-refractivity contribution < 1.29 is 4.79 Å². The predicted molar refractivity (Wildman–Crippen MR) is 79.1 cm³/mol. The number of likely N-dealkylation sites (N-methyl/N-ethyl adjacent to an activating group) is 1. The van der Waals surface area contributed by atoms with Gasteiger partial charge in [0.05, 0.1) is 6.54 Å². The zero-order valence-electron chi connectivity index (χ0n) is 11.8. The van der Waals surface area contributed by atoms with E-state index in [-0.39, 0.29) is 5.91 Å². The van der Waals surface area contributed by atoms with Gasteiger partial charge in [0.15, 0.2) is 0 Å². The van der Waals surface area contributed by atoms with E-state index in [9.17, 15) is 4.79 Å². The summed E-state index contributed by atoms with van der Waals surface area (Å²) in [6.07, 6.45) is 2.62. The molecule has 1 aliphatic carbocycles. The molecule has 4 nitrogen and oxygen atoms in total. The molecule has 2 rings (SSSR count). The maximum Gasteiger partial charge on any atom is 0.238 e. The summed E-state index contributed by atoms with van der Waals surface area (Å²) in [6.45, 7) is 6.47. The van der Waals surface area contributed by atoms with Crippen LogP contribution in [0.1, 0.15) is 25.3 Å². The second-order valence-corrected chi connectivity index (χ2v) is 5.39. The van der Waals surface area contributed by atoms with E-state index < -0.39 is 0 Å². The number of nitrogen functional groups attached to an aromatic ring is 1. The normalized spacial score (nSPS) is 14.7. The molecular weight excluding hydrogens is 238 g/mol. The molecule has 19 heavy (non-hydrogen) atoms. The van der Waals surface area contributed by atoms with Crippen molar-refractivity contribution in [3.63, 3.8) is 0 Å². The zero-order chi connectivity index (χ0) is 13.8. The van der Waals surface area contributed by atoms with Crippen molar-refractivity contribution in [2.75, 3.05) is 30.7 Å². The van der Waals surface area contributed by atoms with Crippen LogP contribution in [0.3, 0.4) is 0 Å². The molecule has 3 N–H and O–H groups in total. The number of rotatable bonds is 6. The van der Waals surface area contributed by atoms with Crippen molar-refractivity contribution in [3.8, 4) is 0 Å². The van der Waals surface area contributed by atoms with Gasteiger partial charge in [0.1, 0.15) is 0 Å². The van der Waals surface area contributed by atoms with Crippen LogP contribution in [0.4, 0.5) is 11.4 Å². The Kier molecular flexibility index (Phi) is 4.43. The Morgan fingerprint density at radius 3 is 2.79 bits per heavy atom. The molecule has 1 amide bonds. The summed E-state index contributed by atoms with van der Waals surface area (Å²) in [7, 11) is 0. The first-order valence-electron chi connectivity index (χ1n) is 6.96. The Morgan fingerprint density at radius 1 is 1.47 bits per heavy atom. The molecule has 1 aromatic carbocycles. The third-order valence-electron chi connectivity index (χ3n) is 3.59. The molecule has 0 aromatic heterocycles. The third-order valence-corrected chi connectivity index (χ3v) is 3.59. The van der Waals surface area contributed by atoms with Crippen LogP contribution in [-0.2, 0) is 4.79 Å². The largest absolute Gasteiger partial charge is 0.398 e. The van der Waals surface area contributed by atoms with E-state index in [1.165, 1.54) is 12.8 Å². The molecule has 0 heterocycles. The maximum atomic E-state index is 12.0. The Bertz CT molecular complexity index is 455. The van der Waals surface area contributed by atoms with Gasteiger partial charge in [0.25, 0.3) is 0 Å². The summed E-state index contributed by atoms with van der Waals surface area (Å²) < 4.78 is 0. The van der Waals surface area contributed by atoms with E-state index in [0.29, 0.717) is 12.2 Å². The molecule has 1 saturated carbocycles. The van der Waals surface area contributed by atoms with E-state index in [1.807, 2.05) is 25.1 Å². The lowest BCUT2D eigenvalue weighted by Gasteiger charge is -2.19. The van der Waals surface area contributed by atoms with E-state index >= 15 is 0 Å². The number of nitrogens with two attached hydrogens (primary N) is 1. The summed E-state index contributed by atoms with van der Waals surface area (Å²) in [6, 6.07) is 5.62. The molecule has 0 spiro atoms. The van der Waals surface area contributed by atoms with Gasteiger partial charge in [-0.2, -0.15) is 0 Å². The summed E-state index contributed by atoms with van der Waals surface area (Å²) in [5, 5.41) is 2.91. The summed E-state index contributed by atoms with van der Waals surface area (Å²) in [5.74, 6) is 0.841. The van der Waals surface area contributed by atoms with Gasteiger partial charge in [0.2, 0.25) is 5.91 Å². The molecule has 1 aromatic rings. The molecule has 1 fully saturated rings. The van der Waals surface area contributed by atoms with Gasteiger partial charge in [-0.15, -0.1) is 0 Å². The quantitative estimate of drug-likeness (QED) is 0.772. The standard InChI is InChI=1S/C15H23N3O/c1-3-18(9-12-5-6-12)10-15(19)17-13-7-4-11(2)14(16)8-13/h4,7-8,12H,3,5-6,9-10,16H2,1-2H3,(H,17,19). The highest BCUT2D eigenvalue weighted by atomic mass is 16.2. The highest BCUT2D eigenvalue weighted by molar-refractivity contribution is 5.92. The number of nitrogens with one attached hydrogen (secondary N) is 1. The van der Waals surface area contributed by atoms with Crippen LogP contribution in [-0.4, -0.2) is 30.4 Å². The Hall–Kier alpha value is -1.55. The van der Waals surface area contributed by atoms with Crippen LogP contribution >= 0.6 is 0 Å². The van der Waals surface area contributed by atoms with Gasteiger partial charge in [-0.25, -0.2) is 0 Å². The minimum Gasteiger partial charge on any atom is -0.398 e. The molecule has 0 unspecified atom stereocenters. The van der Waals surface area contributed by atoms with Crippen LogP contribution in [0.2, 0.25) is 0 Å². The van der Waals surface area contributed by atoms with Crippen LogP contribution in [0, 0.1) is 12.8 Å². The lowest BCUT2D eigenvalue weighted by molar-refractivity contribution is -0.117. The Morgan fingerprint density at radius 2 is 2.21 bits per heavy atom. The number of amides is 1. The van der Waals surface area contributed by atoms with E-state index in [1.54, 1.807) is 0 Å². The second-order valence-electron chi connectivity index (χ2n) is 5.39. The third kappa shape index (κ3) is 4.24.